The number of phenols is 1. The van der Waals surface area contributed by atoms with E-state index in [0.717, 1.165) is 55.9 Å². The van der Waals surface area contributed by atoms with E-state index in [1.54, 1.807) is 31.3 Å². The SMILES string of the molecule is Cc1ccc(O)c(C)c1NC(=O)c1cnc(/N=C(N)\C=C/NCC(=O)N2CCC3(CCNC3)CC2)s1. The molecule has 2 fully saturated rings. The van der Waals surface area contributed by atoms with Gasteiger partial charge in [0, 0.05) is 31.4 Å². The molecule has 1 spiro atoms. The number of hydrogen-bond acceptors (Lipinski definition) is 8. The third-order valence-electron chi connectivity index (χ3n) is 6.96. The Labute approximate surface area is 214 Å². The summed E-state index contributed by atoms with van der Waals surface area (Å²) < 4.78 is 0. The van der Waals surface area contributed by atoms with Crippen LogP contribution in [0, 0.1) is 19.3 Å². The summed E-state index contributed by atoms with van der Waals surface area (Å²) in [4.78, 5) is 35.8. The molecule has 3 heterocycles. The average Bonchev–Trinajstić information content (AvgIpc) is 3.52. The van der Waals surface area contributed by atoms with E-state index in [1.807, 2.05) is 11.8 Å². The van der Waals surface area contributed by atoms with Gasteiger partial charge in [0.25, 0.3) is 5.91 Å². The number of nitrogens with two attached hydrogens (primary N) is 1. The third-order valence-corrected chi connectivity index (χ3v) is 7.85. The maximum Gasteiger partial charge on any atom is 0.267 e. The minimum absolute atomic E-state index is 0.0729. The van der Waals surface area contributed by atoms with Crippen LogP contribution < -0.4 is 21.7 Å². The van der Waals surface area contributed by atoms with E-state index in [0.29, 0.717) is 26.7 Å². The van der Waals surface area contributed by atoms with Gasteiger partial charge in [0.15, 0.2) is 0 Å². The van der Waals surface area contributed by atoms with Crippen molar-refractivity contribution in [3.8, 4) is 5.75 Å². The molecule has 1 aromatic carbocycles. The van der Waals surface area contributed by atoms with Crippen LogP contribution in [0.5, 0.6) is 5.75 Å². The first kappa shape index (κ1) is 25.6. The summed E-state index contributed by atoms with van der Waals surface area (Å²) in [5, 5.41) is 19.5. The second kappa shape index (κ2) is 11.1. The topological polar surface area (TPSA) is 145 Å². The number of aromatic hydroxyl groups is 1. The summed E-state index contributed by atoms with van der Waals surface area (Å²) in [6.45, 7) is 7.55. The van der Waals surface area contributed by atoms with Gasteiger partial charge in [0.1, 0.15) is 16.5 Å². The summed E-state index contributed by atoms with van der Waals surface area (Å²) in [6, 6.07) is 3.34. The van der Waals surface area contributed by atoms with Gasteiger partial charge in [-0.2, -0.15) is 0 Å². The van der Waals surface area contributed by atoms with Crippen LogP contribution in [0.1, 0.15) is 40.1 Å². The number of carbonyl (C=O) groups is 2. The summed E-state index contributed by atoms with van der Waals surface area (Å²) in [5.41, 5.74) is 8.35. The van der Waals surface area contributed by atoms with E-state index < -0.39 is 0 Å². The molecule has 0 radical (unpaired) electrons. The van der Waals surface area contributed by atoms with Crippen LogP contribution in [0.3, 0.4) is 0 Å². The van der Waals surface area contributed by atoms with Crippen LogP contribution >= 0.6 is 11.3 Å². The molecule has 0 bridgehead atoms. The first-order chi connectivity index (χ1) is 17.3. The maximum atomic E-state index is 12.6. The van der Waals surface area contributed by atoms with Crippen molar-refractivity contribution < 1.29 is 14.7 Å². The van der Waals surface area contributed by atoms with Crippen molar-refractivity contribution in [2.45, 2.75) is 33.1 Å². The molecule has 0 saturated carbocycles. The molecular weight excluding hydrogens is 478 g/mol. The zero-order chi connectivity index (χ0) is 25.7. The van der Waals surface area contributed by atoms with Gasteiger partial charge in [0.2, 0.25) is 11.0 Å². The fourth-order valence-corrected chi connectivity index (χ4v) is 5.33. The number of hydrogen-bond donors (Lipinski definition) is 5. The minimum atomic E-state index is -0.340. The number of amidine groups is 1. The molecule has 192 valence electrons. The first-order valence-corrected chi connectivity index (χ1v) is 12.9. The summed E-state index contributed by atoms with van der Waals surface area (Å²) >= 11 is 1.10. The molecule has 11 heteroatoms. The lowest BCUT2D eigenvalue weighted by atomic mass is 9.78. The van der Waals surface area contributed by atoms with Crippen LogP contribution in [0.15, 0.2) is 35.6 Å². The number of nitrogens with zero attached hydrogens (tertiary/aromatic N) is 3. The Morgan fingerprint density at radius 1 is 1.31 bits per heavy atom. The van der Waals surface area contributed by atoms with Crippen molar-refractivity contribution >= 4 is 39.8 Å². The van der Waals surface area contributed by atoms with E-state index in [9.17, 15) is 14.7 Å². The zero-order valence-corrected chi connectivity index (χ0v) is 21.5. The van der Waals surface area contributed by atoms with Gasteiger partial charge in [-0.1, -0.05) is 17.4 Å². The highest BCUT2D eigenvalue weighted by Gasteiger charge is 2.37. The number of piperidine rings is 1. The monoisotopic (exact) mass is 511 g/mol. The number of nitrogens with one attached hydrogen (secondary N) is 3. The van der Waals surface area contributed by atoms with Crippen LogP contribution in [-0.2, 0) is 4.79 Å². The Morgan fingerprint density at radius 2 is 2.08 bits per heavy atom. The Morgan fingerprint density at radius 3 is 2.81 bits per heavy atom. The third kappa shape index (κ3) is 6.03. The molecule has 2 amide bonds. The van der Waals surface area contributed by atoms with Gasteiger partial charge < -0.3 is 31.7 Å². The van der Waals surface area contributed by atoms with Crippen molar-refractivity contribution in [1.82, 2.24) is 20.5 Å². The molecular formula is C25H33N7O3S. The lowest BCUT2D eigenvalue weighted by Crippen LogP contribution is -2.46. The molecule has 1 aromatic heterocycles. The number of carbonyl (C=O) groups excluding carboxylic acids is 2. The maximum absolute atomic E-state index is 12.6. The Kier molecular flexibility index (Phi) is 7.90. The molecule has 0 aliphatic carbocycles. The fourth-order valence-electron chi connectivity index (χ4n) is 4.63. The van der Waals surface area contributed by atoms with E-state index in [2.05, 4.69) is 25.9 Å². The highest BCUT2D eigenvalue weighted by Crippen LogP contribution is 2.36. The molecule has 0 unspecified atom stereocenters. The quantitative estimate of drug-likeness (QED) is 0.283. The normalized spacial score (nSPS) is 17.6. The van der Waals surface area contributed by atoms with Crippen LogP contribution in [0.4, 0.5) is 10.8 Å². The van der Waals surface area contributed by atoms with E-state index >= 15 is 0 Å². The van der Waals surface area contributed by atoms with Crippen LogP contribution in [0.25, 0.3) is 0 Å². The number of likely N-dealkylation sites (tertiary alicyclic amines) is 1. The number of aromatic nitrogens is 1. The van der Waals surface area contributed by atoms with Gasteiger partial charge in [-0.15, -0.1) is 0 Å². The number of aryl methyl sites for hydroxylation is 1. The first-order valence-electron chi connectivity index (χ1n) is 12.1. The predicted molar refractivity (Wildman–Crippen MR) is 142 cm³/mol. The lowest BCUT2D eigenvalue weighted by Gasteiger charge is -2.38. The van der Waals surface area contributed by atoms with Crippen molar-refractivity contribution in [3.63, 3.8) is 0 Å². The van der Waals surface area contributed by atoms with Crippen molar-refractivity contribution in [2.24, 2.45) is 16.1 Å². The van der Waals surface area contributed by atoms with Gasteiger partial charge in [-0.25, -0.2) is 9.98 Å². The molecule has 2 aromatic rings. The van der Waals surface area contributed by atoms with Crippen molar-refractivity contribution in [2.75, 3.05) is 38.0 Å². The molecule has 0 atom stereocenters. The predicted octanol–water partition coefficient (Wildman–Crippen LogP) is 2.41. The van der Waals surface area contributed by atoms with Crippen LogP contribution in [-0.4, -0.2) is 65.4 Å². The smallest absolute Gasteiger partial charge is 0.267 e. The van der Waals surface area contributed by atoms with Crippen molar-refractivity contribution in [3.05, 3.63) is 46.6 Å². The molecule has 10 nitrogen and oxygen atoms in total. The number of thiazole rings is 1. The number of phenolic OH excluding ortho intramolecular Hbond substituents is 1. The van der Waals surface area contributed by atoms with Gasteiger partial charge >= 0.3 is 0 Å². The standard InChI is InChI=1S/C25H33N7O3S/c1-16-3-4-18(33)17(2)22(16)31-23(35)19-13-29-24(36-19)30-20(26)5-9-27-14-21(34)32-11-7-25(8-12-32)6-10-28-15-25/h3-5,9,13,27-28,33H,6-8,10-12,14-15H2,1-2H3,(H,31,35)(H2,26,29,30)/b9-5-. The van der Waals surface area contributed by atoms with Gasteiger partial charge in [-0.05, 0) is 62.8 Å². The molecule has 2 saturated heterocycles. The minimum Gasteiger partial charge on any atom is -0.508 e. The molecule has 4 rings (SSSR count). The Bertz CT molecular complexity index is 1170. The molecule has 2 aliphatic rings. The number of aliphatic imine (C=N–C) groups is 1. The number of rotatable bonds is 7. The second-order valence-electron chi connectivity index (χ2n) is 9.42. The number of benzene rings is 1. The summed E-state index contributed by atoms with van der Waals surface area (Å²) in [7, 11) is 0. The molecule has 6 N–H and O–H groups in total. The molecule has 2 aliphatic heterocycles. The Balaban J connectivity index is 1.25. The largest absolute Gasteiger partial charge is 0.508 e. The van der Waals surface area contributed by atoms with Crippen molar-refractivity contribution in [1.29, 1.82) is 0 Å². The highest BCUT2D eigenvalue weighted by molar-refractivity contribution is 7.17. The van der Waals surface area contributed by atoms with E-state index in [1.165, 1.54) is 12.6 Å². The highest BCUT2D eigenvalue weighted by atomic mass is 32.1. The van der Waals surface area contributed by atoms with Gasteiger partial charge in [-0.3, -0.25) is 9.59 Å². The summed E-state index contributed by atoms with van der Waals surface area (Å²) in [6.07, 6.45) is 7.91. The lowest BCUT2D eigenvalue weighted by molar-refractivity contribution is -0.132. The summed E-state index contributed by atoms with van der Waals surface area (Å²) in [5.74, 6) is 0.0486. The fraction of sp³-hybridized carbons (Fsp3) is 0.440. The second-order valence-corrected chi connectivity index (χ2v) is 10.4. The van der Waals surface area contributed by atoms with E-state index in [4.69, 9.17) is 5.73 Å². The average molecular weight is 512 g/mol. The van der Waals surface area contributed by atoms with E-state index in [-0.39, 0.29) is 29.9 Å². The van der Waals surface area contributed by atoms with Gasteiger partial charge in [0.05, 0.1) is 18.4 Å². The zero-order valence-electron chi connectivity index (χ0n) is 20.6. The number of amides is 2. The Hall–Kier alpha value is -3.44. The van der Waals surface area contributed by atoms with Crippen LogP contribution in [0.2, 0.25) is 0 Å². The number of anilines is 1. The molecule has 36 heavy (non-hydrogen) atoms.